The van der Waals surface area contributed by atoms with Crippen molar-refractivity contribution in [1.82, 2.24) is 4.98 Å². The van der Waals surface area contributed by atoms with Gasteiger partial charge in [-0.25, -0.2) is 0 Å². The number of hydrogen-bond donors (Lipinski definition) is 1. The molecule has 3 nitrogen and oxygen atoms in total. The summed E-state index contributed by atoms with van der Waals surface area (Å²) >= 11 is 3.25. The zero-order valence-electron chi connectivity index (χ0n) is 6.75. The Labute approximate surface area is 84.7 Å². The molecule has 1 aromatic rings. The van der Waals surface area contributed by atoms with Crippen LogP contribution in [0, 0.1) is 12.3 Å². The fourth-order valence-corrected chi connectivity index (χ4v) is 1.11. The maximum atomic E-state index is 11.1. The Balaban J connectivity index is 2.70. The van der Waals surface area contributed by atoms with Gasteiger partial charge in [-0.1, -0.05) is 5.92 Å². The fourth-order valence-electron chi connectivity index (χ4n) is 0.764. The molecule has 0 atom stereocenters. The molecular weight excluding hydrogens is 232 g/mol. The van der Waals surface area contributed by atoms with E-state index in [0.29, 0.717) is 5.69 Å². The number of carbonyl (C=O) groups is 1. The zero-order chi connectivity index (χ0) is 9.68. The molecule has 1 heterocycles. The molecule has 0 saturated heterocycles. The number of halogens is 1. The molecule has 1 aromatic heterocycles. The van der Waals surface area contributed by atoms with E-state index in [4.69, 9.17) is 6.42 Å². The van der Waals surface area contributed by atoms with Crippen molar-refractivity contribution in [2.45, 2.75) is 6.42 Å². The lowest BCUT2D eigenvalue weighted by atomic mass is 10.3. The summed E-state index contributed by atoms with van der Waals surface area (Å²) in [5.74, 6) is 2.06. The lowest BCUT2D eigenvalue weighted by Gasteiger charge is -2.03. The predicted octanol–water partition coefficient (Wildman–Crippen LogP) is 1.81. The first-order valence-electron chi connectivity index (χ1n) is 3.57. The van der Waals surface area contributed by atoms with Gasteiger partial charge in [-0.2, -0.15) is 0 Å². The van der Waals surface area contributed by atoms with E-state index < -0.39 is 0 Å². The Morgan fingerprint density at radius 3 is 3.15 bits per heavy atom. The number of rotatable bonds is 2. The monoisotopic (exact) mass is 238 g/mol. The Morgan fingerprint density at radius 2 is 2.54 bits per heavy atom. The van der Waals surface area contributed by atoms with E-state index in [9.17, 15) is 4.79 Å². The number of carbonyl (C=O) groups excluding carboxylic acids is 1. The molecule has 4 heteroatoms. The predicted molar refractivity (Wildman–Crippen MR) is 54.0 cm³/mol. The molecule has 0 aliphatic heterocycles. The Morgan fingerprint density at radius 1 is 1.77 bits per heavy atom. The second-order valence-electron chi connectivity index (χ2n) is 2.28. The molecule has 13 heavy (non-hydrogen) atoms. The summed E-state index contributed by atoms with van der Waals surface area (Å²) in [5, 5.41) is 2.64. The number of nitrogens with zero attached hydrogens (tertiary/aromatic N) is 1. The van der Waals surface area contributed by atoms with Crippen LogP contribution in [0.15, 0.2) is 22.9 Å². The highest BCUT2D eigenvalue weighted by Crippen LogP contribution is 2.19. The molecule has 0 aliphatic carbocycles. The van der Waals surface area contributed by atoms with Gasteiger partial charge in [0.2, 0.25) is 5.91 Å². The summed E-state index contributed by atoms with van der Waals surface area (Å²) in [7, 11) is 0. The molecule has 0 radical (unpaired) electrons. The van der Waals surface area contributed by atoms with Crippen LogP contribution in [0.4, 0.5) is 5.69 Å². The summed E-state index contributed by atoms with van der Waals surface area (Å²) in [6.45, 7) is 0. The maximum Gasteiger partial charge on any atom is 0.236 e. The largest absolute Gasteiger partial charge is 0.324 e. The lowest BCUT2D eigenvalue weighted by Crippen LogP contribution is -2.10. The number of aromatic nitrogens is 1. The molecule has 0 fully saturated rings. The molecule has 0 saturated carbocycles. The molecule has 0 aliphatic rings. The molecule has 0 bridgehead atoms. The third-order valence-corrected chi connectivity index (χ3v) is 1.94. The highest BCUT2D eigenvalue weighted by Gasteiger charge is 2.02. The van der Waals surface area contributed by atoms with Crippen LogP contribution in [0.3, 0.4) is 0 Å². The van der Waals surface area contributed by atoms with E-state index in [2.05, 4.69) is 32.2 Å². The van der Waals surface area contributed by atoms with Gasteiger partial charge < -0.3 is 5.32 Å². The standard InChI is InChI=1S/C9H7BrN2O/c1-2-3-9(13)12-8-4-5-11-6-7(8)10/h1,4-6H,3H2,(H,11,12,13). The Hall–Kier alpha value is -1.34. The van der Waals surface area contributed by atoms with Gasteiger partial charge in [0, 0.05) is 12.4 Å². The highest BCUT2D eigenvalue weighted by molar-refractivity contribution is 9.10. The fraction of sp³-hybridized carbons (Fsp3) is 0.111. The van der Waals surface area contributed by atoms with Crippen molar-refractivity contribution in [2.24, 2.45) is 0 Å². The van der Waals surface area contributed by atoms with Gasteiger partial charge in [0.1, 0.15) is 0 Å². The van der Waals surface area contributed by atoms with Crippen LogP contribution in [0.5, 0.6) is 0 Å². The van der Waals surface area contributed by atoms with Crippen molar-refractivity contribution in [3.8, 4) is 12.3 Å². The van der Waals surface area contributed by atoms with E-state index in [1.54, 1.807) is 18.5 Å². The van der Waals surface area contributed by atoms with Crippen LogP contribution >= 0.6 is 15.9 Å². The minimum Gasteiger partial charge on any atom is -0.324 e. The first kappa shape index (κ1) is 9.75. The topological polar surface area (TPSA) is 42.0 Å². The summed E-state index contributed by atoms with van der Waals surface area (Å²) in [5.41, 5.74) is 0.676. The number of amides is 1. The van der Waals surface area contributed by atoms with Crippen molar-refractivity contribution in [3.63, 3.8) is 0 Å². The van der Waals surface area contributed by atoms with Gasteiger partial charge in [0.25, 0.3) is 0 Å². The van der Waals surface area contributed by atoms with E-state index >= 15 is 0 Å². The molecule has 66 valence electrons. The van der Waals surface area contributed by atoms with E-state index in [1.807, 2.05) is 0 Å². The number of anilines is 1. The summed E-state index contributed by atoms with van der Waals surface area (Å²) in [6, 6.07) is 1.69. The minimum absolute atomic E-state index is 0.0781. The molecular formula is C9H7BrN2O. The normalized spacial score (nSPS) is 8.92. The Bertz CT molecular complexity index is 357. The molecule has 1 N–H and O–H groups in total. The summed E-state index contributed by atoms with van der Waals surface area (Å²) < 4.78 is 0.736. The van der Waals surface area contributed by atoms with Crippen LogP contribution < -0.4 is 5.32 Å². The van der Waals surface area contributed by atoms with Gasteiger partial charge >= 0.3 is 0 Å². The van der Waals surface area contributed by atoms with Gasteiger partial charge in [-0.15, -0.1) is 6.42 Å². The second kappa shape index (κ2) is 4.63. The van der Waals surface area contributed by atoms with Crippen LogP contribution in [-0.2, 0) is 4.79 Å². The van der Waals surface area contributed by atoms with E-state index in [-0.39, 0.29) is 12.3 Å². The van der Waals surface area contributed by atoms with Gasteiger partial charge in [0.15, 0.2) is 0 Å². The van der Waals surface area contributed by atoms with Crippen molar-refractivity contribution in [1.29, 1.82) is 0 Å². The number of hydrogen-bond acceptors (Lipinski definition) is 2. The molecule has 0 aromatic carbocycles. The average Bonchev–Trinajstić information content (AvgIpc) is 2.09. The number of terminal acetylenes is 1. The first-order valence-corrected chi connectivity index (χ1v) is 4.36. The molecule has 1 amide bonds. The first-order chi connectivity index (χ1) is 6.24. The van der Waals surface area contributed by atoms with Crippen LogP contribution in [-0.4, -0.2) is 10.9 Å². The van der Waals surface area contributed by atoms with E-state index in [1.165, 1.54) is 0 Å². The maximum absolute atomic E-state index is 11.1. The molecule has 0 spiro atoms. The van der Waals surface area contributed by atoms with Crippen molar-refractivity contribution in [3.05, 3.63) is 22.9 Å². The minimum atomic E-state index is -0.200. The van der Waals surface area contributed by atoms with Crippen molar-refractivity contribution >= 4 is 27.5 Å². The Kier molecular flexibility index (Phi) is 3.47. The van der Waals surface area contributed by atoms with Crippen LogP contribution in [0.1, 0.15) is 6.42 Å². The summed E-state index contributed by atoms with van der Waals surface area (Å²) in [4.78, 5) is 14.9. The summed E-state index contributed by atoms with van der Waals surface area (Å²) in [6.07, 6.45) is 8.26. The smallest absolute Gasteiger partial charge is 0.236 e. The van der Waals surface area contributed by atoms with Crippen molar-refractivity contribution in [2.75, 3.05) is 5.32 Å². The second-order valence-corrected chi connectivity index (χ2v) is 3.14. The van der Waals surface area contributed by atoms with Crippen LogP contribution in [0.2, 0.25) is 0 Å². The number of nitrogens with one attached hydrogen (secondary N) is 1. The molecule has 1 rings (SSSR count). The highest BCUT2D eigenvalue weighted by atomic mass is 79.9. The van der Waals surface area contributed by atoms with Gasteiger partial charge in [-0.05, 0) is 22.0 Å². The average molecular weight is 239 g/mol. The molecule has 0 unspecified atom stereocenters. The van der Waals surface area contributed by atoms with Gasteiger partial charge in [0.05, 0.1) is 16.6 Å². The quantitative estimate of drug-likeness (QED) is 0.799. The van der Waals surface area contributed by atoms with E-state index in [0.717, 1.165) is 4.47 Å². The lowest BCUT2D eigenvalue weighted by molar-refractivity contribution is -0.115. The SMILES string of the molecule is C#CCC(=O)Nc1ccncc1Br. The number of pyridine rings is 1. The van der Waals surface area contributed by atoms with Gasteiger partial charge in [-0.3, -0.25) is 9.78 Å². The third kappa shape index (κ3) is 2.88. The van der Waals surface area contributed by atoms with Crippen molar-refractivity contribution < 1.29 is 4.79 Å². The zero-order valence-corrected chi connectivity index (χ0v) is 8.34. The third-order valence-electron chi connectivity index (χ3n) is 1.31. The van der Waals surface area contributed by atoms with Crippen LogP contribution in [0.25, 0.3) is 0 Å².